The van der Waals surface area contributed by atoms with Gasteiger partial charge in [-0.2, -0.15) is 0 Å². The first kappa shape index (κ1) is 24.7. The smallest absolute Gasteiger partial charge is 0.303 e. The molecular weight excluding hydrogens is 486 g/mol. The number of carboxylic acid groups (broad SMARTS) is 1. The Morgan fingerprint density at radius 2 is 1.77 bits per heavy atom. The van der Waals surface area contributed by atoms with Crippen molar-refractivity contribution >= 4 is 28.9 Å². The molecule has 1 aromatic heterocycles. The Kier molecular flexibility index (Phi) is 7.65. The first-order valence-electron chi connectivity index (χ1n) is 10.9. The topological polar surface area (TPSA) is 108 Å². The Balaban J connectivity index is 1.44. The van der Waals surface area contributed by atoms with Crippen LogP contribution in [-0.4, -0.2) is 21.3 Å². The van der Waals surface area contributed by atoms with Gasteiger partial charge in [0.2, 0.25) is 0 Å². The maximum absolute atomic E-state index is 10.9. The number of nitrogens with two attached hydrogens (primary N) is 1. The molecule has 0 amide bonds. The van der Waals surface area contributed by atoms with Crippen molar-refractivity contribution in [2.75, 3.05) is 0 Å². The Morgan fingerprint density at radius 1 is 1.03 bits per heavy atom. The summed E-state index contributed by atoms with van der Waals surface area (Å²) >= 11 is 7.82. The van der Waals surface area contributed by atoms with E-state index in [1.807, 2.05) is 60.7 Å². The van der Waals surface area contributed by atoms with Crippen molar-refractivity contribution in [1.29, 1.82) is 0 Å². The van der Waals surface area contributed by atoms with Gasteiger partial charge in [0.1, 0.15) is 33.9 Å². The average Bonchev–Trinajstić information content (AvgIpc) is 3.34. The van der Waals surface area contributed by atoms with Gasteiger partial charge in [0, 0.05) is 24.1 Å². The highest BCUT2D eigenvalue weighted by Gasteiger charge is 2.27. The minimum Gasteiger partial charge on any atom is -0.489 e. The van der Waals surface area contributed by atoms with Crippen LogP contribution in [0.3, 0.4) is 0 Å². The third-order valence-corrected chi connectivity index (χ3v) is 6.78. The van der Waals surface area contributed by atoms with Gasteiger partial charge in [0.15, 0.2) is 0 Å². The van der Waals surface area contributed by atoms with Crippen molar-refractivity contribution in [2.45, 2.75) is 31.9 Å². The van der Waals surface area contributed by atoms with Crippen molar-refractivity contribution in [3.05, 3.63) is 88.4 Å². The molecule has 0 unspecified atom stereocenters. The number of carboxylic acids is 1. The van der Waals surface area contributed by atoms with Crippen LogP contribution in [0.4, 0.5) is 0 Å². The molecule has 35 heavy (non-hydrogen) atoms. The maximum Gasteiger partial charge on any atom is 0.303 e. The molecule has 9 heteroatoms. The molecule has 0 fully saturated rings. The Labute approximate surface area is 212 Å². The SMILES string of the molecule is C[C@](N)(CCC(=O)O)c1nnc(-c2ccc(Oc3cccc(OCc4ccccc4)c3)cc2Cl)s1. The van der Waals surface area contributed by atoms with Crippen LogP contribution in [0.2, 0.25) is 5.02 Å². The van der Waals surface area contributed by atoms with Gasteiger partial charge >= 0.3 is 5.97 Å². The molecule has 1 heterocycles. The molecule has 7 nitrogen and oxygen atoms in total. The molecular formula is C26H24ClN3O4S. The van der Waals surface area contributed by atoms with Gasteiger partial charge in [-0.25, -0.2) is 0 Å². The zero-order valence-electron chi connectivity index (χ0n) is 19.0. The molecule has 0 bridgehead atoms. The van der Waals surface area contributed by atoms with E-state index in [1.165, 1.54) is 11.3 Å². The maximum atomic E-state index is 10.9. The number of benzene rings is 3. The molecule has 3 aromatic carbocycles. The van der Waals surface area contributed by atoms with Crippen LogP contribution in [0.15, 0.2) is 72.8 Å². The zero-order chi connectivity index (χ0) is 24.8. The number of nitrogens with zero attached hydrogens (tertiary/aromatic N) is 2. The van der Waals surface area contributed by atoms with E-state index >= 15 is 0 Å². The number of hydrogen-bond donors (Lipinski definition) is 2. The lowest BCUT2D eigenvalue weighted by atomic mass is 9.98. The van der Waals surface area contributed by atoms with Crippen LogP contribution in [0, 0.1) is 0 Å². The highest BCUT2D eigenvalue weighted by atomic mass is 35.5. The van der Waals surface area contributed by atoms with E-state index in [1.54, 1.807) is 19.1 Å². The summed E-state index contributed by atoms with van der Waals surface area (Å²) in [6, 6.07) is 22.7. The molecule has 4 aromatic rings. The van der Waals surface area contributed by atoms with E-state index in [9.17, 15) is 4.79 Å². The second kappa shape index (κ2) is 10.9. The van der Waals surface area contributed by atoms with Crippen molar-refractivity contribution in [3.8, 4) is 27.8 Å². The van der Waals surface area contributed by atoms with Crippen molar-refractivity contribution in [1.82, 2.24) is 10.2 Å². The molecule has 0 aliphatic carbocycles. The van der Waals surface area contributed by atoms with Gasteiger partial charge in [-0.15, -0.1) is 10.2 Å². The van der Waals surface area contributed by atoms with Gasteiger partial charge in [0.05, 0.1) is 10.6 Å². The summed E-state index contributed by atoms with van der Waals surface area (Å²) in [6.07, 6.45) is 0.207. The van der Waals surface area contributed by atoms with E-state index in [0.717, 1.165) is 5.56 Å². The Bertz CT molecular complexity index is 1310. The normalized spacial score (nSPS) is 12.7. The fraction of sp³-hybridized carbons (Fsp3) is 0.192. The van der Waals surface area contributed by atoms with Crippen LogP contribution < -0.4 is 15.2 Å². The van der Waals surface area contributed by atoms with Gasteiger partial charge < -0.3 is 20.3 Å². The molecule has 4 rings (SSSR count). The van der Waals surface area contributed by atoms with Crippen molar-refractivity contribution in [3.63, 3.8) is 0 Å². The Hall–Kier alpha value is -3.46. The second-order valence-corrected chi connectivity index (χ2v) is 9.60. The van der Waals surface area contributed by atoms with Crippen molar-refractivity contribution < 1.29 is 19.4 Å². The molecule has 1 atom stereocenters. The number of halogens is 1. The zero-order valence-corrected chi connectivity index (χ0v) is 20.6. The fourth-order valence-corrected chi connectivity index (χ4v) is 4.56. The quantitative estimate of drug-likeness (QED) is 0.259. The van der Waals surface area contributed by atoms with E-state index in [4.69, 9.17) is 31.9 Å². The van der Waals surface area contributed by atoms with Gasteiger partial charge in [0.25, 0.3) is 0 Å². The lowest BCUT2D eigenvalue weighted by molar-refractivity contribution is -0.137. The summed E-state index contributed by atoms with van der Waals surface area (Å²) < 4.78 is 11.9. The van der Waals surface area contributed by atoms with Gasteiger partial charge in [-0.1, -0.05) is 59.3 Å². The van der Waals surface area contributed by atoms with Crippen LogP contribution in [0.1, 0.15) is 30.3 Å². The minimum absolute atomic E-state index is 0.0484. The standard InChI is InChI=1S/C26H24ClN3O4S/c1-26(28,13-12-23(31)32)25-30-29-24(35-25)21-11-10-20(15-22(21)27)34-19-9-5-8-18(14-19)33-16-17-6-3-2-4-7-17/h2-11,14-15H,12-13,16,28H2,1H3,(H,31,32)/t26-/m0/s1. The highest BCUT2D eigenvalue weighted by molar-refractivity contribution is 7.14. The number of aliphatic carboxylic acids is 1. The predicted molar refractivity (Wildman–Crippen MR) is 136 cm³/mol. The van der Waals surface area contributed by atoms with Crippen LogP contribution >= 0.6 is 22.9 Å². The fourth-order valence-electron chi connectivity index (χ4n) is 3.27. The van der Waals surface area contributed by atoms with E-state index in [2.05, 4.69) is 10.2 Å². The molecule has 0 aliphatic heterocycles. The third kappa shape index (κ3) is 6.57. The van der Waals surface area contributed by atoms with E-state index in [-0.39, 0.29) is 12.8 Å². The third-order valence-electron chi connectivity index (χ3n) is 5.23. The number of aromatic nitrogens is 2. The molecule has 0 aliphatic rings. The largest absolute Gasteiger partial charge is 0.489 e. The van der Waals surface area contributed by atoms with E-state index in [0.29, 0.717) is 44.5 Å². The van der Waals surface area contributed by atoms with Gasteiger partial charge in [-0.05, 0) is 43.2 Å². The number of ether oxygens (including phenoxy) is 2. The molecule has 0 saturated heterocycles. The van der Waals surface area contributed by atoms with Crippen LogP contribution in [0.5, 0.6) is 17.2 Å². The lowest BCUT2D eigenvalue weighted by Crippen LogP contribution is -2.33. The summed E-state index contributed by atoms with van der Waals surface area (Å²) in [7, 11) is 0. The summed E-state index contributed by atoms with van der Waals surface area (Å²) in [6.45, 7) is 2.21. The number of carbonyl (C=O) groups is 1. The molecule has 0 spiro atoms. The molecule has 0 saturated carbocycles. The number of rotatable bonds is 10. The molecule has 0 radical (unpaired) electrons. The van der Waals surface area contributed by atoms with Crippen LogP contribution in [-0.2, 0) is 16.9 Å². The minimum atomic E-state index is -0.904. The van der Waals surface area contributed by atoms with Gasteiger partial charge in [-0.3, -0.25) is 4.79 Å². The first-order valence-corrected chi connectivity index (χ1v) is 12.1. The lowest BCUT2D eigenvalue weighted by Gasteiger charge is -2.19. The van der Waals surface area contributed by atoms with E-state index < -0.39 is 11.5 Å². The predicted octanol–water partition coefficient (Wildman–Crippen LogP) is 6.27. The first-order chi connectivity index (χ1) is 16.8. The Morgan fingerprint density at radius 3 is 2.51 bits per heavy atom. The van der Waals surface area contributed by atoms with Crippen LogP contribution in [0.25, 0.3) is 10.6 Å². The monoisotopic (exact) mass is 509 g/mol. The summed E-state index contributed by atoms with van der Waals surface area (Å²) in [5, 5.41) is 18.9. The molecule has 180 valence electrons. The average molecular weight is 510 g/mol. The summed E-state index contributed by atoms with van der Waals surface area (Å²) in [5.74, 6) is 0.977. The summed E-state index contributed by atoms with van der Waals surface area (Å²) in [5.41, 5.74) is 7.16. The second-order valence-electron chi connectivity index (χ2n) is 8.22. The molecule has 3 N–H and O–H groups in total. The number of hydrogen-bond acceptors (Lipinski definition) is 7. The highest BCUT2D eigenvalue weighted by Crippen LogP contribution is 2.37. The van der Waals surface area contributed by atoms with Crippen molar-refractivity contribution in [2.24, 2.45) is 5.73 Å². The summed E-state index contributed by atoms with van der Waals surface area (Å²) in [4.78, 5) is 10.9.